The SMILES string of the molecule is [CH2]N1CCN(c2ccc(C(=O)NC)nc2C)CC1. The van der Waals surface area contributed by atoms with Crippen LogP contribution in [0.1, 0.15) is 16.2 Å². The maximum atomic E-state index is 11.5. The second-order valence-corrected chi connectivity index (χ2v) is 4.49. The Morgan fingerprint density at radius 1 is 1.33 bits per heavy atom. The number of hydrogen-bond acceptors (Lipinski definition) is 4. The average molecular weight is 247 g/mol. The molecule has 1 N–H and O–H groups in total. The predicted molar refractivity (Wildman–Crippen MR) is 71.5 cm³/mol. The first-order chi connectivity index (χ1) is 8.61. The Labute approximate surface area is 108 Å². The monoisotopic (exact) mass is 247 g/mol. The number of piperazine rings is 1. The fourth-order valence-electron chi connectivity index (χ4n) is 2.13. The molecule has 0 aromatic carbocycles. The average Bonchev–Trinajstić information content (AvgIpc) is 2.39. The van der Waals surface area contributed by atoms with Crippen molar-refractivity contribution in [3.8, 4) is 0 Å². The minimum atomic E-state index is -0.146. The van der Waals surface area contributed by atoms with Crippen LogP contribution >= 0.6 is 0 Å². The quantitative estimate of drug-likeness (QED) is 0.834. The number of hydrogen-bond donors (Lipinski definition) is 1. The molecule has 0 bridgehead atoms. The van der Waals surface area contributed by atoms with Crippen LogP contribution in [0.25, 0.3) is 0 Å². The smallest absolute Gasteiger partial charge is 0.269 e. The van der Waals surface area contributed by atoms with Crippen molar-refractivity contribution in [3.63, 3.8) is 0 Å². The van der Waals surface area contributed by atoms with Crippen LogP contribution in [0.4, 0.5) is 5.69 Å². The largest absolute Gasteiger partial charge is 0.368 e. The van der Waals surface area contributed by atoms with Gasteiger partial charge in [0.25, 0.3) is 5.91 Å². The van der Waals surface area contributed by atoms with Gasteiger partial charge in [-0.3, -0.25) is 9.69 Å². The maximum Gasteiger partial charge on any atom is 0.269 e. The van der Waals surface area contributed by atoms with Gasteiger partial charge in [0.1, 0.15) is 5.69 Å². The molecule has 1 aromatic heterocycles. The Hall–Kier alpha value is -1.62. The van der Waals surface area contributed by atoms with Gasteiger partial charge in [-0.2, -0.15) is 0 Å². The van der Waals surface area contributed by atoms with Gasteiger partial charge in [0, 0.05) is 40.3 Å². The van der Waals surface area contributed by atoms with Crippen molar-refractivity contribution >= 4 is 11.6 Å². The molecule has 5 heteroatoms. The Morgan fingerprint density at radius 2 is 2.00 bits per heavy atom. The van der Waals surface area contributed by atoms with Gasteiger partial charge in [-0.1, -0.05) is 0 Å². The summed E-state index contributed by atoms with van der Waals surface area (Å²) in [5.74, 6) is -0.146. The fraction of sp³-hybridized carbons (Fsp3) is 0.462. The minimum absolute atomic E-state index is 0.146. The molecule has 1 aliphatic heterocycles. The molecule has 97 valence electrons. The molecule has 2 heterocycles. The van der Waals surface area contributed by atoms with Crippen LogP contribution in [0.2, 0.25) is 0 Å². The summed E-state index contributed by atoms with van der Waals surface area (Å²) >= 11 is 0. The first kappa shape index (κ1) is 12.8. The number of nitrogens with zero attached hydrogens (tertiary/aromatic N) is 3. The van der Waals surface area contributed by atoms with Gasteiger partial charge in [-0.25, -0.2) is 4.98 Å². The summed E-state index contributed by atoms with van der Waals surface area (Å²) in [7, 11) is 5.55. The maximum absolute atomic E-state index is 11.5. The van der Waals surface area contributed by atoms with Crippen molar-refractivity contribution in [2.75, 3.05) is 38.1 Å². The highest BCUT2D eigenvalue weighted by Crippen LogP contribution is 2.20. The summed E-state index contributed by atoms with van der Waals surface area (Å²) < 4.78 is 0. The van der Waals surface area contributed by atoms with Crippen molar-refractivity contribution in [2.24, 2.45) is 0 Å². The highest BCUT2D eigenvalue weighted by atomic mass is 16.1. The first-order valence-corrected chi connectivity index (χ1v) is 6.12. The summed E-state index contributed by atoms with van der Waals surface area (Å²) in [5, 5.41) is 2.58. The molecule has 1 radical (unpaired) electrons. The van der Waals surface area contributed by atoms with Crippen molar-refractivity contribution in [2.45, 2.75) is 6.92 Å². The van der Waals surface area contributed by atoms with Crippen molar-refractivity contribution in [1.29, 1.82) is 0 Å². The molecule has 0 atom stereocenters. The molecule has 1 aromatic rings. The molecule has 0 aliphatic carbocycles. The zero-order valence-corrected chi connectivity index (χ0v) is 10.9. The van der Waals surface area contributed by atoms with Crippen LogP contribution in [0.5, 0.6) is 0 Å². The summed E-state index contributed by atoms with van der Waals surface area (Å²) in [6.07, 6.45) is 0. The van der Waals surface area contributed by atoms with E-state index in [0.29, 0.717) is 5.69 Å². The molecular weight excluding hydrogens is 228 g/mol. The van der Waals surface area contributed by atoms with Crippen molar-refractivity contribution in [3.05, 3.63) is 30.6 Å². The van der Waals surface area contributed by atoms with Crippen molar-refractivity contribution < 1.29 is 4.79 Å². The normalized spacial score (nSPS) is 16.7. The van der Waals surface area contributed by atoms with E-state index in [2.05, 4.69) is 27.1 Å². The van der Waals surface area contributed by atoms with Gasteiger partial charge < -0.3 is 10.2 Å². The molecular formula is C13H19N4O. The van der Waals surface area contributed by atoms with E-state index in [1.807, 2.05) is 13.0 Å². The molecule has 0 spiro atoms. The number of carbonyl (C=O) groups excluding carboxylic acids is 1. The number of aromatic nitrogens is 1. The number of rotatable bonds is 2. The van der Waals surface area contributed by atoms with E-state index in [9.17, 15) is 4.79 Å². The predicted octanol–water partition coefficient (Wildman–Crippen LogP) is 0.663. The zero-order chi connectivity index (χ0) is 13.1. The highest BCUT2D eigenvalue weighted by Gasteiger charge is 2.17. The van der Waals surface area contributed by atoms with E-state index in [1.165, 1.54) is 0 Å². The Balaban J connectivity index is 2.17. The Kier molecular flexibility index (Phi) is 3.81. The number of amides is 1. The van der Waals surface area contributed by atoms with Crippen LogP contribution in [0, 0.1) is 14.0 Å². The van der Waals surface area contributed by atoms with Crippen LogP contribution in [-0.2, 0) is 0 Å². The second-order valence-electron chi connectivity index (χ2n) is 4.49. The van der Waals surface area contributed by atoms with E-state index in [4.69, 9.17) is 0 Å². The zero-order valence-electron chi connectivity index (χ0n) is 10.9. The summed E-state index contributed by atoms with van der Waals surface area (Å²) in [6.45, 7) is 5.75. The van der Waals surface area contributed by atoms with E-state index >= 15 is 0 Å². The lowest BCUT2D eigenvalue weighted by atomic mass is 10.2. The lowest BCUT2D eigenvalue weighted by Gasteiger charge is -2.34. The molecule has 1 saturated heterocycles. The molecule has 5 nitrogen and oxygen atoms in total. The van der Waals surface area contributed by atoms with Gasteiger partial charge in [0.05, 0.1) is 11.4 Å². The third kappa shape index (κ3) is 2.61. The number of anilines is 1. The Morgan fingerprint density at radius 3 is 2.56 bits per heavy atom. The summed E-state index contributed by atoms with van der Waals surface area (Å²) in [5.41, 5.74) is 2.47. The lowest BCUT2D eigenvalue weighted by molar-refractivity contribution is 0.0958. The highest BCUT2D eigenvalue weighted by molar-refractivity contribution is 5.92. The number of nitrogens with one attached hydrogen (secondary N) is 1. The standard InChI is InChI=1S/C13H19N4O/c1-10-12(17-8-6-16(3)7-9-17)5-4-11(15-10)13(18)14-2/h4-5H,3,6-9H2,1-2H3,(H,14,18). The van der Waals surface area contributed by atoms with Crippen LogP contribution in [0.15, 0.2) is 12.1 Å². The molecule has 18 heavy (non-hydrogen) atoms. The number of pyridine rings is 1. The molecule has 1 amide bonds. The number of aryl methyl sites for hydroxylation is 1. The first-order valence-electron chi connectivity index (χ1n) is 6.12. The number of carbonyl (C=O) groups is 1. The second kappa shape index (κ2) is 5.35. The lowest BCUT2D eigenvalue weighted by Crippen LogP contribution is -2.44. The van der Waals surface area contributed by atoms with Gasteiger partial charge in [-0.05, 0) is 19.1 Å². The third-order valence-electron chi connectivity index (χ3n) is 3.23. The summed E-state index contributed by atoms with van der Waals surface area (Å²) in [4.78, 5) is 20.2. The fourth-order valence-corrected chi connectivity index (χ4v) is 2.13. The van der Waals surface area contributed by atoms with Gasteiger partial charge in [0.15, 0.2) is 0 Å². The van der Waals surface area contributed by atoms with E-state index in [1.54, 1.807) is 13.1 Å². The van der Waals surface area contributed by atoms with E-state index in [0.717, 1.165) is 37.6 Å². The molecule has 0 saturated carbocycles. The molecule has 1 aliphatic rings. The van der Waals surface area contributed by atoms with Crippen LogP contribution in [0.3, 0.4) is 0 Å². The third-order valence-corrected chi connectivity index (χ3v) is 3.23. The molecule has 2 rings (SSSR count). The molecule has 1 fully saturated rings. The van der Waals surface area contributed by atoms with Crippen molar-refractivity contribution in [1.82, 2.24) is 15.2 Å². The summed E-state index contributed by atoms with van der Waals surface area (Å²) in [6, 6.07) is 3.75. The molecule has 0 unspecified atom stereocenters. The van der Waals surface area contributed by atoms with Crippen LogP contribution in [-0.4, -0.2) is 49.0 Å². The van der Waals surface area contributed by atoms with Gasteiger partial charge in [-0.15, -0.1) is 0 Å². The van der Waals surface area contributed by atoms with E-state index < -0.39 is 0 Å². The van der Waals surface area contributed by atoms with E-state index in [-0.39, 0.29) is 5.91 Å². The van der Waals surface area contributed by atoms with Gasteiger partial charge >= 0.3 is 0 Å². The minimum Gasteiger partial charge on any atom is -0.368 e. The Bertz CT molecular complexity index is 439. The topological polar surface area (TPSA) is 48.5 Å². The van der Waals surface area contributed by atoms with Gasteiger partial charge in [0.2, 0.25) is 0 Å². The van der Waals surface area contributed by atoms with Crippen LogP contribution < -0.4 is 10.2 Å².